The second kappa shape index (κ2) is 9.61. The highest BCUT2D eigenvalue weighted by Gasteiger charge is 2.45. The number of hydrogen-bond acceptors (Lipinski definition) is 7. The summed E-state index contributed by atoms with van der Waals surface area (Å²) >= 11 is 0. The molecule has 12 heteroatoms. The molecule has 206 valence electrons. The number of ketones is 1. The van der Waals surface area contributed by atoms with Gasteiger partial charge in [0.05, 0.1) is 35.7 Å². The second-order valence-corrected chi connectivity index (χ2v) is 11.3. The third-order valence-corrected chi connectivity index (χ3v) is 9.02. The van der Waals surface area contributed by atoms with Gasteiger partial charge >= 0.3 is 12.1 Å². The fraction of sp³-hybridized carbons (Fsp3) is 0.556. The Balaban J connectivity index is 1.03. The van der Waals surface area contributed by atoms with E-state index in [0.717, 1.165) is 43.6 Å². The molecule has 5 heterocycles. The average molecular weight is 535 g/mol. The predicted molar refractivity (Wildman–Crippen MR) is 142 cm³/mol. The molecular weight excluding hydrogens is 500 g/mol. The Morgan fingerprint density at radius 3 is 2.56 bits per heavy atom. The number of carbonyl (C=O) groups excluding carboxylic acids is 3. The minimum atomic E-state index is -0.390. The molecule has 1 aromatic carbocycles. The molecule has 7 rings (SSSR count). The molecule has 39 heavy (non-hydrogen) atoms. The summed E-state index contributed by atoms with van der Waals surface area (Å²) in [6, 6.07) is 6.03. The molecule has 5 aliphatic rings. The first-order valence-corrected chi connectivity index (χ1v) is 13.9. The molecule has 4 fully saturated rings. The highest BCUT2D eigenvalue weighted by Crippen LogP contribution is 2.43. The summed E-state index contributed by atoms with van der Waals surface area (Å²) in [5, 5.41) is 12.3. The molecule has 2 bridgehead atoms. The number of H-pyrrole nitrogens is 1. The van der Waals surface area contributed by atoms with Gasteiger partial charge in [0.15, 0.2) is 5.78 Å². The molecular formula is C27H34N8O4. The van der Waals surface area contributed by atoms with Gasteiger partial charge in [-0.05, 0) is 32.4 Å². The first-order valence-electron chi connectivity index (χ1n) is 13.9. The van der Waals surface area contributed by atoms with Crippen LogP contribution in [0.25, 0.3) is 11.3 Å². The van der Waals surface area contributed by atoms with Crippen LogP contribution in [0.3, 0.4) is 0 Å². The Hall–Kier alpha value is -3.48. The van der Waals surface area contributed by atoms with Crippen molar-refractivity contribution in [2.75, 3.05) is 64.8 Å². The molecule has 4 saturated heterocycles. The van der Waals surface area contributed by atoms with Crippen LogP contribution in [0.5, 0.6) is 0 Å². The van der Waals surface area contributed by atoms with E-state index in [1.165, 1.54) is 0 Å². The lowest BCUT2D eigenvalue weighted by atomic mass is 9.90. The molecule has 0 spiro atoms. The number of nitrogens with one attached hydrogen (secondary N) is 3. The summed E-state index contributed by atoms with van der Waals surface area (Å²) in [6.07, 6.45) is 2.63. The van der Waals surface area contributed by atoms with Crippen molar-refractivity contribution in [1.29, 1.82) is 0 Å². The van der Waals surface area contributed by atoms with E-state index in [1.54, 1.807) is 11.1 Å². The van der Waals surface area contributed by atoms with Gasteiger partial charge in [-0.3, -0.25) is 20.2 Å². The number of ether oxygens (including phenoxy) is 1. The molecule has 12 nitrogen and oxygen atoms in total. The number of likely N-dealkylation sites (N-methyl/N-ethyl adjacent to an activating group) is 1. The van der Waals surface area contributed by atoms with Gasteiger partial charge in [-0.25, -0.2) is 14.6 Å². The number of morpholine rings is 1. The van der Waals surface area contributed by atoms with Crippen LogP contribution in [0.15, 0.2) is 18.2 Å². The van der Waals surface area contributed by atoms with E-state index in [1.807, 2.05) is 17.0 Å². The number of hydrazine groups is 1. The largest absolute Gasteiger partial charge is 0.379 e. The second-order valence-electron chi connectivity index (χ2n) is 11.3. The van der Waals surface area contributed by atoms with E-state index in [0.29, 0.717) is 74.0 Å². The lowest BCUT2D eigenvalue weighted by Gasteiger charge is -2.38. The first kappa shape index (κ1) is 24.6. The van der Waals surface area contributed by atoms with Gasteiger partial charge < -0.3 is 19.9 Å². The van der Waals surface area contributed by atoms with Crippen LogP contribution in [0.4, 0.5) is 15.3 Å². The van der Waals surface area contributed by atoms with E-state index < -0.39 is 0 Å². The van der Waals surface area contributed by atoms with Crippen molar-refractivity contribution in [3.05, 3.63) is 35.0 Å². The summed E-state index contributed by atoms with van der Waals surface area (Å²) in [4.78, 5) is 46.0. The van der Waals surface area contributed by atoms with E-state index in [2.05, 4.69) is 37.8 Å². The van der Waals surface area contributed by atoms with Crippen molar-refractivity contribution in [1.82, 2.24) is 35.3 Å². The van der Waals surface area contributed by atoms with Gasteiger partial charge in [-0.2, -0.15) is 5.10 Å². The summed E-state index contributed by atoms with van der Waals surface area (Å²) < 4.78 is 5.33. The van der Waals surface area contributed by atoms with Crippen molar-refractivity contribution in [2.45, 2.75) is 37.3 Å². The number of nitrogens with zero attached hydrogens (tertiary/aromatic N) is 5. The van der Waals surface area contributed by atoms with Crippen LogP contribution in [-0.2, 0) is 4.74 Å². The molecule has 4 amide bonds. The highest BCUT2D eigenvalue weighted by atomic mass is 16.5. The third kappa shape index (κ3) is 4.17. The number of fused-ring (bicyclic) bond motifs is 5. The molecule has 0 saturated carbocycles. The van der Waals surface area contributed by atoms with Crippen molar-refractivity contribution < 1.29 is 19.1 Å². The van der Waals surface area contributed by atoms with Crippen LogP contribution in [0.1, 0.15) is 46.8 Å². The van der Waals surface area contributed by atoms with Crippen molar-refractivity contribution in [3.8, 4) is 11.3 Å². The molecule has 1 aromatic heterocycles. The van der Waals surface area contributed by atoms with Crippen LogP contribution < -0.4 is 10.7 Å². The van der Waals surface area contributed by atoms with Crippen molar-refractivity contribution >= 4 is 23.5 Å². The SMILES string of the molecule is CN1C[C@@H]2C[C@H]1CN2C(=O)N1CCC(c2[nH]nc3c2C(=O)c2c(NC(=O)NN4CCOCC4)cccc2-3)CC1. The Morgan fingerprint density at radius 1 is 1.05 bits per heavy atom. The lowest BCUT2D eigenvalue weighted by Crippen LogP contribution is -2.53. The maximum absolute atomic E-state index is 13.7. The van der Waals surface area contributed by atoms with Gasteiger partial charge in [0.2, 0.25) is 0 Å². The minimum absolute atomic E-state index is 0.116. The fourth-order valence-corrected chi connectivity index (χ4v) is 6.91. The van der Waals surface area contributed by atoms with Crippen molar-refractivity contribution in [2.24, 2.45) is 0 Å². The number of amides is 4. The number of rotatable bonds is 3. The van der Waals surface area contributed by atoms with Gasteiger partial charge in [-0.15, -0.1) is 0 Å². The van der Waals surface area contributed by atoms with Crippen molar-refractivity contribution in [3.63, 3.8) is 0 Å². The number of benzene rings is 1. The van der Waals surface area contributed by atoms with Crippen LogP contribution >= 0.6 is 0 Å². The zero-order chi connectivity index (χ0) is 26.7. The Bertz CT molecular complexity index is 1310. The molecule has 3 N–H and O–H groups in total. The molecule has 4 aliphatic heterocycles. The molecule has 1 aliphatic carbocycles. The Morgan fingerprint density at radius 2 is 1.85 bits per heavy atom. The molecule has 0 radical (unpaired) electrons. The van der Waals surface area contributed by atoms with Gasteiger partial charge in [0.1, 0.15) is 5.69 Å². The number of likely N-dealkylation sites (tertiary alicyclic amines) is 3. The van der Waals surface area contributed by atoms with E-state index in [9.17, 15) is 14.4 Å². The summed E-state index contributed by atoms with van der Waals surface area (Å²) in [6.45, 7) is 5.45. The minimum Gasteiger partial charge on any atom is -0.379 e. The lowest BCUT2D eigenvalue weighted by molar-refractivity contribution is 0.0207. The monoisotopic (exact) mass is 534 g/mol. The zero-order valence-corrected chi connectivity index (χ0v) is 22.1. The quantitative estimate of drug-likeness (QED) is 0.467. The molecule has 0 unspecified atom stereocenters. The number of piperidine rings is 1. The highest BCUT2D eigenvalue weighted by molar-refractivity contribution is 6.25. The average Bonchev–Trinajstić information content (AvgIpc) is 3.71. The smallest absolute Gasteiger partial charge is 0.333 e. The molecule has 2 aromatic rings. The summed E-state index contributed by atoms with van der Waals surface area (Å²) in [5.74, 6) is -0.00695. The topological polar surface area (TPSA) is 126 Å². The van der Waals surface area contributed by atoms with Gasteiger partial charge in [-0.1, -0.05) is 12.1 Å². The first-order chi connectivity index (χ1) is 19.0. The Labute approximate surface area is 226 Å². The van der Waals surface area contributed by atoms with Gasteiger partial charge in [0, 0.05) is 62.8 Å². The maximum Gasteiger partial charge on any atom is 0.333 e. The number of anilines is 1. The Kier molecular flexibility index (Phi) is 6.05. The zero-order valence-electron chi connectivity index (χ0n) is 22.1. The van der Waals surface area contributed by atoms with Crippen LogP contribution in [0, 0.1) is 0 Å². The van der Waals surface area contributed by atoms with Crippen LogP contribution in [-0.4, -0.2) is 119 Å². The molecule has 2 atom stereocenters. The van der Waals surface area contributed by atoms with Crippen LogP contribution in [0.2, 0.25) is 0 Å². The summed E-state index contributed by atoms with van der Waals surface area (Å²) in [5.41, 5.74) is 6.57. The third-order valence-electron chi connectivity index (χ3n) is 9.02. The summed E-state index contributed by atoms with van der Waals surface area (Å²) in [7, 11) is 2.14. The number of piperazine rings is 1. The maximum atomic E-state index is 13.7. The van der Waals surface area contributed by atoms with Gasteiger partial charge in [0.25, 0.3) is 0 Å². The van der Waals surface area contributed by atoms with E-state index in [-0.39, 0.29) is 23.8 Å². The number of urea groups is 2. The van der Waals surface area contributed by atoms with E-state index >= 15 is 0 Å². The number of aromatic nitrogens is 2. The fourth-order valence-electron chi connectivity index (χ4n) is 6.91. The van der Waals surface area contributed by atoms with E-state index in [4.69, 9.17) is 4.74 Å². The number of hydrogen-bond donors (Lipinski definition) is 3. The number of aromatic amines is 1. The number of carbonyl (C=O) groups is 3. The predicted octanol–water partition coefficient (Wildman–Crippen LogP) is 1.68. The standard InChI is InChI=1S/C27H34N8O4/c1-32-14-18-13-17(32)15-35(18)27(38)33-7-5-16(6-8-33)23-22-24(30-29-23)19-3-2-4-20(21(19)25(22)36)28-26(37)31-34-9-11-39-12-10-34/h2-4,16-18H,5-15H2,1H3,(H,29,30)(H2,28,31,37)/t17-,18-/m0/s1. The normalized spacial score (nSPS) is 25.2.